The van der Waals surface area contributed by atoms with Gasteiger partial charge in [0, 0.05) is 18.0 Å². The van der Waals surface area contributed by atoms with Crippen molar-refractivity contribution >= 4 is 34.9 Å². The van der Waals surface area contributed by atoms with E-state index < -0.39 is 6.61 Å². The largest absolute Gasteiger partial charge is 0.489 e. The highest BCUT2D eigenvalue weighted by molar-refractivity contribution is 6.31. The van der Waals surface area contributed by atoms with Gasteiger partial charge in [-0.3, -0.25) is 4.57 Å². The molecule has 10 heteroatoms. The smallest absolute Gasteiger partial charge is 0.387 e. The van der Waals surface area contributed by atoms with Gasteiger partial charge in [-0.2, -0.15) is 14.0 Å². The van der Waals surface area contributed by atoms with E-state index in [-0.39, 0.29) is 11.5 Å². The molecule has 0 saturated carbocycles. The van der Waals surface area contributed by atoms with Crippen molar-refractivity contribution in [2.24, 2.45) is 0 Å². The molecule has 0 aliphatic carbocycles. The van der Waals surface area contributed by atoms with Crippen LogP contribution in [0.1, 0.15) is 43.1 Å². The lowest BCUT2D eigenvalue weighted by Gasteiger charge is -2.14. The summed E-state index contributed by atoms with van der Waals surface area (Å²) in [5.74, 6) is 1.15. The van der Waals surface area contributed by atoms with Gasteiger partial charge in [-0.1, -0.05) is 43.5 Å². The summed E-state index contributed by atoms with van der Waals surface area (Å²) >= 11 is 6.12. The van der Waals surface area contributed by atoms with Gasteiger partial charge in [-0.05, 0) is 42.8 Å². The first-order chi connectivity index (χ1) is 17.5. The standard InChI is InChI=1S/C26H22ClF2N5O2/c1-2-3-4-12-35-24-18(6-5-7-21(24)36-26(28)29)9-11-23-33-20-13-19(27)16-32-25(20)34(23)22-10-8-17(14-30)15-31-22/h5-11,13,15-16,26H,2-4,12H2,1H3. The number of pyridine rings is 2. The van der Waals surface area contributed by atoms with Gasteiger partial charge >= 0.3 is 6.61 Å². The lowest BCUT2D eigenvalue weighted by atomic mass is 10.1. The van der Waals surface area contributed by atoms with Crippen molar-refractivity contribution in [3.8, 4) is 23.4 Å². The van der Waals surface area contributed by atoms with Crippen LogP contribution in [0.3, 0.4) is 0 Å². The topological polar surface area (TPSA) is 85.9 Å². The molecule has 0 N–H and O–H groups in total. The molecule has 184 valence electrons. The summed E-state index contributed by atoms with van der Waals surface area (Å²) < 4.78 is 38.3. The van der Waals surface area contributed by atoms with E-state index in [1.807, 2.05) is 6.07 Å². The number of hydrogen-bond donors (Lipinski definition) is 0. The number of fused-ring (bicyclic) bond motifs is 1. The lowest BCUT2D eigenvalue weighted by molar-refractivity contribution is -0.0515. The van der Waals surface area contributed by atoms with Crippen molar-refractivity contribution in [1.82, 2.24) is 19.5 Å². The number of nitriles is 1. The summed E-state index contributed by atoms with van der Waals surface area (Å²) in [5, 5.41) is 9.53. The number of nitrogens with zero attached hydrogens (tertiary/aromatic N) is 5. The van der Waals surface area contributed by atoms with E-state index in [0.29, 0.717) is 45.6 Å². The number of halogens is 3. The summed E-state index contributed by atoms with van der Waals surface area (Å²) in [4.78, 5) is 13.4. The number of unbranched alkanes of at least 4 members (excludes halogenated alkanes) is 2. The third-order valence-corrected chi connectivity index (χ3v) is 5.43. The maximum absolute atomic E-state index is 13.0. The predicted octanol–water partition coefficient (Wildman–Crippen LogP) is 6.68. The molecule has 0 fully saturated rings. The summed E-state index contributed by atoms with van der Waals surface area (Å²) in [6.45, 7) is -0.544. The quantitative estimate of drug-likeness (QED) is 0.222. The number of para-hydroxylation sites is 1. The molecule has 3 aromatic heterocycles. The SMILES string of the molecule is CCCCCOc1c(C=Cc2nc3cc(Cl)cnc3n2-c2ccc(C#N)cn2)cccc1OC(F)F. The first-order valence-corrected chi connectivity index (χ1v) is 11.7. The second kappa shape index (κ2) is 11.6. The van der Waals surface area contributed by atoms with Gasteiger partial charge in [0.05, 0.1) is 17.2 Å². The number of ether oxygens (including phenoxy) is 2. The van der Waals surface area contributed by atoms with Gasteiger partial charge in [0.25, 0.3) is 0 Å². The Morgan fingerprint density at radius 3 is 2.72 bits per heavy atom. The van der Waals surface area contributed by atoms with E-state index in [2.05, 4.69) is 21.9 Å². The van der Waals surface area contributed by atoms with Gasteiger partial charge < -0.3 is 9.47 Å². The fourth-order valence-corrected chi connectivity index (χ4v) is 3.73. The highest BCUT2D eigenvalue weighted by Crippen LogP contribution is 2.34. The number of alkyl halides is 2. The summed E-state index contributed by atoms with van der Waals surface area (Å²) in [7, 11) is 0. The summed E-state index contributed by atoms with van der Waals surface area (Å²) in [6, 6.07) is 11.9. The van der Waals surface area contributed by atoms with Crippen molar-refractivity contribution < 1.29 is 18.3 Å². The first kappa shape index (κ1) is 25.1. The van der Waals surface area contributed by atoms with Crippen LogP contribution >= 0.6 is 11.6 Å². The van der Waals surface area contributed by atoms with Crippen LogP contribution in [0.5, 0.6) is 11.5 Å². The van der Waals surface area contributed by atoms with Gasteiger partial charge in [-0.25, -0.2) is 15.0 Å². The molecule has 0 aliphatic rings. The third-order valence-electron chi connectivity index (χ3n) is 5.23. The Labute approximate surface area is 211 Å². The molecule has 3 heterocycles. The minimum Gasteiger partial charge on any atom is -0.489 e. The maximum Gasteiger partial charge on any atom is 0.387 e. The molecule has 4 aromatic rings. The molecule has 0 radical (unpaired) electrons. The van der Waals surface area contributed by atoms with Crippen LogP contribution in [0.2, 0.25) is 5.02 Å². The number of hydrogen-bond acceptors (Lipinski definition) is 6. The first-order valence-electron chi connectivity index (χ1n) is 11.3. The van der Waals surface area contributed by atoms with E-state index in [1.54, 1.807) is 47.1 Å². The monoisotopic (exact) mass is 509 g/mol. The van der Waals surface area contributed by atoms with E-state index in [1.165, 1.54) is 18.5 Å². The van der Waals surface area contributed by atoms with Crippen LogP contribution in [0, 0.1) is 11.3 Å². The van der Waals surface area contributed by atoms with E-state index in [9.17, 15) is 8.78 Å². The molecular weight excluding hydrogens is 488 g/mol. The Balaban J connectivity index is 1.77. The number of rotatable bonds is 10. The van der Waals surface area contributed by atoms with Crippen LogP contribution in [-0.2, 0) is 0 Å². The number of aromatic nitrogens is 4. The molecule has 0 aliphatic heterocycles. The molecule has 0 saturated heterocycles. The van der Waals surface area contributed by atoms with Crippen LogP contribution < -0.4 is 9.47 Å². The lowest BCUT2D eigenvalue weighted by Crippen LogP contribution is -2.06. The Morgan fingerprint density at radius 1 is 1.14 bits per heavy atom. The van der Waals surface area contributed by atoms with Crippen molar-refractivity contribution in [3.05, 3.63) is 70.8 Å². The molecule has 0 spiro atoms. The van der Waals surface area contributed by atoms with Crippen molar-refractivity contribution in [3.63, 3.8) is 0 Å². The van der Waals surface area contributed by atoms with E-state index in [0.717, 1.165) is 19.3 Å². The van der Waals surface area contributed by atoms with E-state index in [4.69, 9.17) is 26.3 Å². The van der Waals surface area contributed by atoms with Gasteiger partial charge in [0.1, 0.15) is 23.2 Å². The Morgan fingerprint density at radius 2 is 2.00 bits per heavy atom. The maximum atomic E-state index is 13.0. The van der Waals surface area contributed by atoms with Crippen LogP contribution in [0.4, 0.5) is 8.78 Å². The second-order valence-corrected chi connectivity index (χ2v) is 8.20. The summed E-state index contributed by atoms with van der Waals surface area (Å²) in [5.41, 5.74) is 2.01. The average molecular weight is 510 g/mol. The summed E-state index contributed by atoms with van der Waals surface area (Å²) in [6.07, 6.45) is 9.12. The molecule has 36 heavy (non-hydrogen) atoms. The van der Waals surface area contributed by atoms with Gasteiger partial charge in [0.2, 0.25) is 0 Å². The van der Waals surface area contributed by atoms with Crippen molar-refractivity contribution in [2.45, 2.75) is 32.8 Å². The number of imidazole rings is 1. The third kappa shape index (κ3) is 5.78. The van der Waals surface area contributed by atoms with Crippen LogP contribution in [0.25, 0.3) is 29.1 Å². The number of benzene rings is 1. The van der Waals surface area contributed by atoms with E-state index >= 15 is 0 Å². The zero-order valence-corrected chi connectivity index (χ0v) is 20.1. The molecule has 1 aromatic carbocycles. The minimum atomic E-state index is -2.98. The highest BCUT2D eigenvalue weighted by atomic mass is 35.5. The van der Waals surface area contributed by atoms with Crippen molar-refractivity contribution in [1.29, 1.82) is 5.26 Å². The van der Waals surface area contributed by atoms with Crippen LogP contribution in [0.15, 0.2) is 48.8 Å². The molecule has 4 rings (SSSR count). The minimum absolute atomic E-state index is 0.0423. The molecule has 0 amide bonds. The Bertz CT molecular complexity index is 1410. The highest BCUT2D eigenvalue weighted by Gasteiger charge is 2.16. The fourth-order valence-electron chi connectivity index (χ4n) is 3.58. The Kier molecular flexibility index (Phi) is 8.08. The van der Waals surface area contributed by atoms with Crippen molar-refractivity contribution in [2.75, 3.05) is 6.61 Å². The predicted molar refractivity (Wildman–Crippen MR) is 133 cm³/mol. The molecule has 7 nitrogen and oxygen atoms in total. The zero-order valence-electron chi connectivity index (χ0n) is 19.4. The normalized spacial score (nSPS) is 11.3. The average Bonchev–Trinajstić information content (AvgIpc) is 3.23. The second-order valence-electron chi connectivity index (χ2n) is 7.76. The molecule has 0 unspecified atom stereocenters. The Hall–Kier alpha value is -4.03. The molecular formula is C26H22ClF2N5O2. The molecule has 0 atom stereocenters. The van der Waals surface area contributed by atoms with Gasteiger partial charge in [-0.15, -0.1) is 0 Å². The zero-order chi connectivity index (χ0) is 25.5. The van der Waals surface area contributed by atoms with Crippen LogP contribution in [-0.4, -0.2) is 32.7 Å². The van der Waals surface area contributed by atoms with Gasteiger partial charge in [0.15, 0.2) is 17.1 Å². The fraction of sp³-hybridized carbons (Fsp3) is 0.231. The molecule has 0 bridgehead atoms.